The zero-order chi connectivity index (χ0) is 5.70. The van der Waals surface area contributed by atoms with E-state index in [-0.39, 0.29) is 5.97 Å². The number of rotatable bonds is 2. The third-order valence-corrected chi connectivity index (χ3v) is 1.14. The molecule has 0 spiro atoms. The Morgan fingerprint density at radius 3 is 2.43 bits per heavy atom. The van der Waals surface area contributed by atoms with Crippen LogP contribution in [0.25, 0.3) is 0 Å². The molecule has 0 aliphatic rings. The molecule has 0 aromatic carbocycles. The third-order valence-electron chi connectivity index (χ3n) is 0.380. The third kappa shape index (κ3) is 5.96. The van der Waals surface area contributed by atoms with Crippen molar-refractivity contribution in [1.82, 2.24) is 0 Å². The average molecular weight is 118 g/mol. The van der Waals surface area contributed by atoms with E-state index in [1.165, 1.54) is 14.0 Å². The Labute approximate surface area is 49.0 Å². The molecule has 0 saturated heterocycles. The van der Waals surface area contributed by atoms with Gasteiger partial charge in [-0.1, -0.05) is 0 Å². The van der Waals surface area contributed by atoms with Crippen molar-refractivity contribution in [3.8, 4) is 0 Å². The summed E-state index contributed by atoms with van der Waals surface area (Å²) >= 11 is -0.975. The van der Waals surface area contributed by atoms with Gasteiger partial charge in [-0.3, -0.25) is 4.79 Å². The first-order chi connectivity index (χ1) is 3.27. The molecule has 0 atom stereocenters. The monoisotopic (exact) mass is 118 g/mol. The van der Waals surface area contributed by atoms with E-state index in [1.54, 1.807) is 0 Å². The Morgan fingerprint density at radius 1 is 1.71 bits per heavy atom. The van der Waals surface area contributed by atoms with Crippen LogP contribution in [-0.2, 0) is 12.4 Å². The predicted molar refractivity (Wildman–Crippen MR) is 25.9 cm³/mol. The lowest BCUT2D eigenvalue weighted by Crippen LogP contribution is -2.05. The number of hydrogen-bond acceptors (Lipinski definition) is 3. The minimum absolute atomic E-state index is 0.256. The van der Waals surface area contributed by atoms with Crippen LogP contribution in [0.15, 0.2) is 0 Å². The maximum absolute atomic E-state index is 9.94. The Balaban J connectivity index is 2.82. The highest BCUT2D eigenvalue weighted by Crippen LogP contribution is 1.69. The molecule has 0 aromatic rings. The summed E-state index contributed by atoms with van der Waals surface area (Å²) in [5, 5.41) is 0. The summed E-state index contributed by atoms with van der Waals surface area (Å²) in [6.45, 7) is 1.37. The lowest BCUT2D eigenvalue weighted by molar-refractivity contribution is -0.132. The summed E-state index contributed by atoms with van der Waals surface area (Å²) in [6.07, 6.45) is 0. The minimum atomic E-state index is -0.975. The molecule has 0 bridgehead atoms. The lowest BCUT2D eigenvalue weighted by Gasteiger charge is -1.93. The van der Waals surface area contributed by atoms with E-state index in [0.717, 1.165) is 0 Å². The first kappa shape index (κ1) is 6.96. The Morgan fingerprint density at radius 2 is 2.29 bits per heavy atom. The fourth-order valence-electron chi connectivity index (χ4n) is 0.142. The van der Waals surface area contributed by atoms with Gasteiger partial charge in [-0.05, 0) is 0 Å². The van der Waals surface area contributed by atoms with Crippen molar-refractivity contribution in [2.24, 2.45) is 0 Å². The molecule has 0 radical (unpaired) electrons. The van der Waals surface area contributed by atoms with Crippen molar-refractivity contribution < 1.29 is 12.4 Å². The quantitative estimate of drug-likeness (QED) is 0.457. The van der Waals surface area contributed by atoms with Gasteiger partial charge in [-0.25, -0.2) is 0 Å². The van der Waals surface area contributed by atoms with Gasteiger partial charge in [0.25, 0.3) is 5.97 Å². The molecular formula is C3H7AlO3. The molecule has 0 heterocycles. The molecular weight excluding hydrogens is 111 g/mol. The SMILES string of the molecule is C[O][AlH][O]C(C)=O. The molecule has 0 saturated carbocycles. The van der Waals surface area contributed by atoms with Gasteiger partial charge >= 0.3 is 15.9 Å². The second-order valence-corrected chi connectivity index (χ2v) is 2.14. The highest BCUT2D eigenvalue weighted by Gasteiger charge is 1.95. The van der Waals surface area contributed by atoms with Crippen LogP contribution in [0, 0.1) is 0 Å². The van der Waals surface area contributed by atoms with Crippen LogP contribution in [-0.4, -0.2) is 29.0 Å². The molecule has 0 unspecified atom stereocenters. The van der Waals surface area contributed by atoms with Crippen molar-refractivity contribution in [2.75, 3.05) is 7.11 Å². The van der Waals surface area contributed by atoms with Crippen molar-refractivity contribution in [3.05, 3.63) is 0 Å². The second kappa shape index (κ2) is 4.13. The molecule has 7 heavy (non-hydrogen) atoms. The van der Waals surface area contributed by atoms with E-state index >= 15 is 0 Å². The normalized spacial score (nSPS) is 7.71. The van der Waals surface area contributed by atoms with Crippen LogP contribution < -0.4 is 0 Å². The number of hydrogen-bond donors (Lipinski definition) is 0. The summed E-state index contributed by atoms with van der Waals surface area (Å²) in [7, 11) is 1.52. The van der Waals surface area contributed by atoms with Crippen LogP contribution in [0.3, 0.4) is 0 Å². The maximum Gasteiger partial charge on any atom is 0.742 e. The average Bonchev–Trinajstić information content (AvgIpc) is 1.61. The topological polar surface area (TPSA) is 35.5 Å². The van der Waals surface area contributed by atoms with Crippen molar-refractivity contribution >= 4 is 21.9 Å². The molecule has 0 fully saturated rings. The van der Waals surface area contributed by atoms with Crippen LogP contribution in [0.4, 0.5) is 0 Å². The molecule has 3 nitrogen and oxygen atoms in total. The summed E-state index contributed by atoms with van der Waals surface area (Å²) < 4.78 is 9.02. The fourth-order valence-corrected chi connectivity index (χ4v) is 0.426. The fraction of sp³-hybridized carbons (Fsp3) is 0.667. The van der Waals surface area contributed by atoms with Gasteiger partial charge in [0.05, 0.1) is 0 Å². The first-order valence-electron chi connectivity index (χ1n) is 1.89. The second-order valence-electron chi connectivity index (χ2n) is 1.04. The Hall–Kier alpha value is -0.0375. The van der Waals surface area contributed by atoms with Crippen LogP contribution in [0.2, 0.25) is 0 Å². The molecule has 0 aromatic heterocycles. The van der Waals surface area contributed by atoms with Gasteiger partial charge in [-0.15, -0.1) is 0 Å². The van der Waals surface area contributed by atoms with Gasteiger partial charge in [0, 0.05) is 14.0 Å². The molecule has 0 aliphatic heterocycles. The van der Waals surface area contributed by atoms with E-state index in [4.69, 9.17) is 0 Å². The number of carbonyl (C=O) groups excluding carboxylic acids is 1. The van der Waals surface area contributed by atoms with E-state index in [2.05, 4.69) is 7.58 Å². The molecule has 0 rings (SSSR count). The van der Waals surface area contributed by atoms with Crippen LogP contribution in [0.1, 0.15) is 6.92 Å². The van der Waals surface area contributed by atoms with Gasteiger partial charge in [0.2, 0.25) is 0 Å². The van der Waals surface area contributed by atoms with Crippen LogP contribution in [0.5, 0.6) is 0 Å². The molecule has 0 aliphatic carbocycles. The van der Waals surface area contributed by atoms with Crippen molar-refractivity contribution in [2.45, 2.75) is 6.92 Å². The van der Waals surface area contributed by atoms with Gasteiger partial charge in [0.1, 0.15) is 0 Å². The van der Waals surface area contributed by atoms with Gasteiger partial charge in [0.15, 0.2) is 0 Å². The van der Waals surface area contributed by atoms with E-state index < -0.39 is 15.9 Å². The zero-order valence-electron chi connectivity index (χ0n) is 4.43. The largest absolute Gasteiger partial charge is 0.742 e. The maximum atomic E-state index is 9.94. The zero-order valence-corrected chi connectivity index (χ0v) is 5.85. The van der Waals surface area contributed by atoms with E-state index in [9.17, 15) is 4.79 Å². The summed E-state index contributed by atoms with van der Waals surface area (Å²) in [5.41, 5.74) is 0. The highest BCUT2D eigenvalue weighted by molar-refractivity contribution is 6.21. The smallest absolute Gasteiger partial charge is 0.598 e. The Kier molecular flexibility index (Phi) is 4.11. The highest BCUT2D eigenvalue weighted by atomic mass is 27.2. The number of carbonyl (C=O) groups is 1. The standard InChI is InChI=1S/C2H4O2.CH3O.Al.H/c1-2(3)4;1-2;;/h1H3,(H,3,4);1H3;;/q;-1;+2;/p-1. The lowest BCUT2D eigenvalue weighted by atomic mass is 10.9. The van der Waals surface area contributed by atoms with Crippen molar-refractivity contribution in [3.63, 3.8) is 0 Å². The molecule has 40 valence electrons. The summed E-state index contributed by atoms with van der Waals surface area (Å²) in [6, 6.07) is 0. The predicted octanol–water partition coefficient (Wildman–Crippen LogP) is -0.538. The van der Waals surface area contributed by atoms with E-state index in [0.29, 0.717) is 0 Å². The van der Waals surface area contributed by atoms with Crippen LogP contribution >= 0.6 is 0 Å². The van der Waals surface area contributed by atoms with Gasteiger partial charge < -0.3 is 7.58 Å². The molecule has 0 amide bonds. The minimum Gasteiger partial charge on any atom is -0.598 e. The molecule has 0 N–H and O–H groups in total. The van der Waals surface area contributed by atoms with E-state index in [1.807, 2.05) is 0 Å². The first-order valence-corrected chi connectivity index (χ1v) is 3.05. The van der Waals surface area contributed by atoms with Crippen molar-refractivity contribution in [1.29, 1.82) is 0 Å². The molecule has 4 heteroatoms. The summed E-state index contributed by atoms with van der Waals surface area (Å²) in [5.74, 6) is -0.256. The van der Waals surface area contributed by atoms with Gasteiger partial charge in [-0.2, -0.15) is 0 Å². The Bertz CT molecular complexity index is 63.2. The summed E-state index contributed by atoms with van der Waals surface area (Å²) in [4.78, 5) is 9.94.